The van der Waals surface area contributed by atoms with Crippen LogP contribution in [-0.2, 0) is 11.3 Å². The second-order valence-corrected chi connectivity index (χ2v) is 3.77. The zero-order chi connectivity index (χ0) is 14.2. The van der Waals surface area contributed by atoms with Crippen molar-refractivity contribution in [2.75, 3.05) is 7.11 Å². The summed E-state index contributed by atoms with van der Waals surface area (Å²) in [7, 11) is 1.07. The Morgan fingerprint density at radius 2 is 2.11 bits per heavy atom. The van der Waals surface area contributed by atoms with Crippen LogP contribution in [0.4, 0.5) is 17.6 Å². The molecule has 0 atom stereocenters. The average Bonchev–Trinajstić information content (AvgIpc) is 2.64. The third-order valence-electron chi connectivity index (χ3n) is 2.42. The number of carbonyl (C=O) groups is 1. The standard InChI is InChI=1S/C11H8F4N2O2/c1-19-10(18)9-7-4-6(12)2-3-8(7)17(16-9)5-11(13,14)15/h2-4H,5H2,1H3. The molecule has 19 heavy (non-hydrogen) atoms. The van der Waals surface area contributed by atoms with Gasteiger partial charge < -0.3 is 4.74 Å². The van der Waals surface area contributed by atoms with E-state index in [0.717, 1.165) is 25.3 Å². The monoisotopic (exact) mass is 276 g/mol. The van der Waals surface area contributed by atoms with Crippen molar-refractivity contribution in [3.63, 3.8) is 0 Å². The van der Waals surface area contributed by atoms with Crippen molar-refractivity contribution in [3.05, 3.63) is 29.7 Å². The predicted octanol–water partition coefficient (Wildman–Crippen LogP) is 2.52. The van der Waals surface area contributed by atoms with Gasteiger partial charge in [-0.05, 0) is 18.2 Å². The highest BCUT2D eigenvalue weighted by molar-refractivity contribution is 6.02. The van der Waals surface area contributed by atoms with Crippen LogP contribution in [0.1, 0.15) is 10.5 Å². The third kappa shape index (κ3) is 2.67. The van der Waals surface area contributed by atoms with Crippen LogP contribution in [0.3, 0.4) is 0 Å². The fraction of sp³-hybridized carbons (Fsp3) is 0.273. The van der Waals surface area contributed by atoms with Gasteiger partial charge in [0.05, 0.1) is 12.6 Å². The smallest absolute Gasteiger partial charge is 0.408 e. The highest BCUT2D eigenvalue weighted by atomic mass is 19.4. The molecule has 0 spiro atoms. The summed E-state index contributed by atoms with van der Waals surface area (Å²) in [5.41, 5.74) is -0.333. The summed E-state index contributed by atoms with van der Waals surface area (Å²) in [5, 5.41) is 3.52. The summed E-state index contributed by atoms with van der Waals surface area (Å²) in [6.45, 7) is -1.37. The molecule has 2 aromatic rings. The van der Waals surface area contributed by atoms with Gasteiger partial charge >= 0.3 is 12.1 Å². The molecule has 1 aromatic carbocycles. The lowest BCUT2D eigenvalue weighted by molar-refractivity contribution is -0.141. The maximum Gasteiger partial charge on any atom is 0.408 e. The lowest BCUT2D eigenvalue weighted by Crippen LogP contribution is -2.19. The second kappa shape index (κ2) is 4.52. The number of aromatic nitrogens is 2. The van der Waals surface area contributed by atoms with Gasteiger partial charge in [0.2, 0.25) is 0 Å². The summed E-state index contributed by atoms with van der Waals surface area (Å²) in [6.07, 6.45) is -4.50. The van der Waals surface area contributed by atoms with Crippen molar-refractivity contribution >= 4 is 16.9 Å². The zero-order valence-corrected chi connectivity index (χ0v) is 9.66. The molecular formula is C11H8F4N2O2. The first-order valence-electron chi connectivity index (χ1n) is 5.13. The number of fused-ring (bicyclic) bond motifs is 1. The molecule has 4 nitrogen and oxygen atoms in total. The van der Waals surface area contributed by atoms with Crippen molar-refractivity contribution in [1.82, 2.24) is 9.78 Å². The number of ether oxygens (including phenoxy) is 1. The number of esters is 1. The number of carbonyl (C=O) groups excluding carboxylic acids is 1. The maximum absolute atomic E-state index is 13.1. The van der Waals surface area contributed by atoms with E-state index >= 15 is 0 Å². The van der Waals surface area contributed by atoms with E-state index in [1.165, 1.54) is 0 Å². The van der Waals surface area contributed by atoms with Crippen LogP contribution in [-0.4, -0.2) is 29.0 Å². The van der Waals surface area contributed by atoms with E-state index in [0.29, 0.717) is 4.68 Å². The highest BCUT2D eigenvalue weighted by Crippen LogP contribution is 2.24. The molecule has 0 bridgehead atoms. The van der Waals surface area contributed by atoms with E-state index in [9.17, 15) is 22.4 Å². The number of nitrogens with zero attached hydrogens (tertiary/aromatic N) is 2. The number of halogens is 4. The molecule has 0 unspecified atom stereocenters. The first-order chi connectivity index (χ1) is 8.81. The topological polar surface area (TPSA) is 44.1 Å². The lowest BCUT2D eigenvalue weighted by Gasteiger charge is -2.06. The van der Waals surface area contributed by atoms with Gasteiger partial charge in [-0.25, -0.2) is 9.18 Å². The number of hydrogen-bond donors (Lipinski definition) is 0. The molecular weight excluding hydrogens is 268 g/mol. The van der Waals surface area contributed by atoms with Gasteiger partial charge in [0, 0.05) is 5.39 Å². The lowest BCUT2D eigenvalue weighted by atomic mass is 10.2. The Morgan fingerprint density at radius 1 is 1.42 bits per heavy atom. The first-order valence-corrected chi connectivity index (χ1v) is 5.13. The van der Waals surface area contributed by atoms with Crippen LogP contribution in [0.2, 0.25) is 0 Å². The predicted molar refractivity (Wildman–Crippen MR) is 57.1 cm³/mol. The number of methoxy groups -OCH3 is 1. The molecule has 1 heterocycles. The van der Waals surface area contributed by atoms with Crippen molar-refractivity contribution in [2.45, 2.75) is 12.7 Å². The van der Waals surface area contributed by atoms with Gasteiger partial charge in [0.25, 0.3) is 0 Å². The number of hydrogen-bond acceptors (Lipinski definition) is 3. The molecule has 0 aliphatic heterocycles. The van der Waals surface area contributed by atoms with E-state index in [2.05, 4.69) is 9.84 Å². The van der Waals surface area contributed by atoms with Gasteiger partial charge in [0.1, 0.15) is 12.4 Å². The quantitative estimate of drug-likeness (QED) is 0.625. The molecule has 0 saturated heterocycles. The van der Waals surface area contributed by atoms with Crippen LogP contribution in [0.5, 0.6) is 0 Å². The molecule has 1 aromatic heterocycles. The Kier molecular flexibility index (Phi) is 3.17. The van der Waals surface area contributed by atoms with Crippen LogP contribution in [0, 0.1) is 5.82 Å². The minimum Gasteiger partial charge on any atom is -0.464 e. The summed E-state index contributed by atoms with van der Waals surface area (Å²) < 4.78 is 55.3. The van der Waals surface area contributed by atoms with Crippen molar-refractivity contribution in [3.8, 4) is 0 Å². The Morgan fingerprint density at radius 3 is 2.68 bits per heavy atom. The molecule has 0 fully saturated rings. The van der Waals surface area contributed by atoms with Gasteiger partial charge in [-0.1, -0.05) is 0 Å². The summed E-state index contributed by atoms with van der Waals surface area (Å²) in [4.78, 5) is 11.4. The van der Waals surface area contributed by atoms with Gasteiger partial charge in [-0.15, -0.1) is 0 Å². The van der Waals surface area contributed by atoms with Gasteiger partial charge in [0.15, 0.2) is 5.69 Å². The number of alkyl halides is 3. The largest absolute Gasteiger partial charge is 0.464 e. The SMILES string of the molecule is COC(=O)c1nn(CC(F)(F)F)c2ccc(F)cc12. The van der Waals surface area contributed by atoms with E-state index in [-0.39, 0.29) is 16.6 Å². The van der Waals surface area contributed by atoms with Crippen molar-refractivity contribution in [2.24, 2.45) is 0 Å². The highest BCUT2D eigenvalue weighted by Gasteiger charge is 2.30. The van der Waals surface area contributed by atoms with Crippen molar-refractivity contribution in [1.29, 1.82) is 0 Å². The molecule has 0 saturated carbocycles. The molecule has 0 aliphatic rings. The Labute approximate surface area is 104 Å². The summed E-state index contributed by atoms with van der Waals surface area (Å²) in [6, 6.07) is 3.08. The molecule has 0 aliphatic carbocycles. The van der Waals surface area contributed by atoms with E-state index in [1.54, 1.807) is 0 Å². The minimum atomic E-state index is -4.50. The molecule has 0 N–H and O–H groups in total. The Balaban J connectivity index is 2.63. The van der Waals surface area contributed by atoms with Crippen LogP contribution in [0.15, 0.2) is 18.2 Å². The summed E-state index contributed by atoms with van der Waals surface area (Å²) in [5.74, 6) is -1.60. The van der Waals surface area contributed by atoms with E-state index in [4.69, 9.17) is 0 Å². The Bertz CT molecular complexity index is 633. The average molecular weight is 276 g/mol. The van der Waals surface area contributed by atoms with Crippen LogP contribution in [0.25, 0.3) is 10.9 Å². The fourth-order valence-corrected chi connectivity index (χ4v) is 1.69. The number of rotatable bonds is 2. The Hall–Kier alpha value is -2.12. The molecule has 0 radical (unpaired) electrons. The maximum atomic E-state index is 13.1. The first kappa shape index (κ1) is 13.3. The molecule has 0 amide bonds. The third-order valence-corrected chi connectivity index (χ3v) is 2.42. The van der Waals surface area contributed by atoms with Crippen LogP contribution >= 0.6 is 0 Å². The van der Waals surface area contributed by atoms with Gasteiger partial charge in [-0.2, -0.15) is 18.3 Å². The van der Waals surface area contributed by atoms with Gasteiger partial charge in [-0.3, -0.25) is 4.68 Å². The summed E-state index contributed by atoms with van der Waals surface area (Å²) >= 11 is 0. The number of benzene rings is 1. The zero-order valence-electron chi connectivity index (χ0n) is 9.66. The van der Waals surface area contributed by atoms with E-state index < -0.39 is 24.5 Å². The second-order valence-electron chi connectivity index (χ2n) is 3.77. The molecule has 102 valence electrons. The van der Waals surface area contributed by atoms with E-state index in [1.807, 2.05) is 0 Å². The molecule has 8 heteroatoms. The molecule has 2 rings (SSSR count). The van der Waals surface area contributed by atoms with Crippen molar-refractivity contribution < 1.29 is 27.1 Å². The van der Waals surface area contributed by atoms with Crippen LogP contribution < -0.4 is 0 Å². The minimum absolute atomic E-state index is 0.0131. The fourth-order valence-electron chi connectivity index (χ4n) is 1.69. The normalized spacial score (nSPS) is 11.8.